The molecule has 0 aliphatic heterocycles. The highest BCUT2D eigenvalue weighted by Gasteiger charge is 2.22. The number of hydrogen-bond donors (Lipinski definition) is 0. The van der Waals surface area contributed by atoms with E-state index in [-0.39, 0.29) is 38.9 Å². The molecule has 10 nitrogen and oxygen atoms in total. The molecule has 0 bridgehead atoms. The number of rotatable bonds is 19. The van der Waals surface area contributed by atoms with Gasteiger partial charge < -0.3 is 28.4 Å². The van der Waals surface area contributed by atoms with Crippen LogP contribution in [0.1, 0.15) is 6.42 Å². The van der Waals surface area contributed by atoms with E-state index in [1.807, 2.05) is 0 Å². The van der Waals surface area contributed by atoms with E-state index in [9.17, 15) is 22.4 Å². The Hall–Kier alpha value is -2.48. The van der Waals surface area contributed by atoms with Crippen molar-refractivity contribution < 1.29 is 50.8 Å². The minimum Gasteiger partial charge on any atom is -0.420 e. The largest absolute Gasteiger partial charge is 0.420 e. The molecular formula is C19H25F4N3O7. The van der Waals surface area contributed by atoms with Crippen molar-refractivity contribution >= 4 is 5.97 Å². The third-order valence-electron chi connectivity index (χ3n) is 3.62. The summed E-state index contributed by atoms with van der Waals surface area (Å²) in [6, 6.07) is 0.0135. The molecule has 0 amide bonds. The van der Waals surface area contributed by atoms with Gasteiger partial charge in [0, 0.05) is 17.5 Å². The lowest BCUT2D eigenvalue weighted by atomic mass is 10.3. The maximum absolute atomic E-state index is 13.4. The second-order valence-electron chi connectivity index (χ2n) is 6.04. The van der Waals surface area contributed by atoms with Crippen molar-refractivity contribution in [1.82, 2.24) is 0 Å². The van der Waals surface area contributed by atoms with Crippen molar-refractivity contribution in [1.29, 1.82) is 0 Å². The van der Waals surface area contributed by atoms with Gasteiger partial charge in [-0.3, -0.25) is 4.79 Å². The van der Waals surface area contributed by atoms with Gasteiger partial charge in [-0.1, -0.05) is 5.11 Å². The molecule has 33 heavy (non-hydrogen) atoms. The Morgan fingerprint density at radius 2 is 1.18 bits per heavy atom. The fourth-order valence-corrected chi connectivity index (χ4v) is 2.09. The van der Waals surface area contributed by atoms with E-state index in [1.54, 1.807) is 0 Å². The molecule has 0 atom stereocenters. The molecule has 0 unspecified atom stereocenters. The maximum Gasteiger partial charge on any atom is 0.313 e. The standard InChI is InChI=1S/C19H25F4N3O7/c20-14-13-15(21)18(23)19(17(14)22)33-16(27)1-3-28-5-7-30-9-11-32-12-10-31-8-6-29-4-2-25-26-24/h13H,1-12H2. The number of azide groups is 1. The van der Waals surface area contributed by atoms with E-state index < -0.39 is 35.0 Å². The summed E-state index contributed by atoms with van der Waals surface area (Å²) >= 11 is 0. The third kappa shape index (κ3) is 13.0. The highest BCUT2D eigenvalue weighted by atomic mass is 19.2. The molecule has 0 heterocycles. The van der Waals surface area contributed by atoms with Crippen LogP contribution in [0.4, 0.5) is 17.6 Å². The van der Waals surface area contributed by atoms with E-state index in [0.29, 0.717) is 46.2 Å². The first-order chi connectivity index (χ1) is 16.0. The van der Waals surface area contributed by atoms with Gasteiger partial charge in [-0.15, -0.1) is 0 Å². The third-order valence-corrected chi connectivity index (χ3v) is 3.62. The summed E-state index contributed by atoms with van der Waals surface area (Å²) in [6.07, 6.45) is -0.390. The second kappa shape index (κ2) is 18.0. The summed E-state index contributed by atoms with van der Waals surface area (Å²) in [5.74, 6) is -9.48. The van der Waals surface area contributed by atoms with Crippen molar-refractivity contribution in [3.05, 3.63) is 39.8 Å². The molecule has 0 saturated heterocycles. The highest BCUT2D eigenvalue weighted by Crippen LogP contribution is 2.26. The van der Waals surface area contributed by atoms with Crippen LogP contribution in [0.2, 0.25) is 0 Å². The number of benzene rings is 1. The number of esters is 1. The minimum atomic E-state index is -1.79. The van der Waals surface area contributed by atoms with Crippen LogP contribution in [-0.4, -0.2) is 78.6 Å². The lowest BCUT2D eigenvalue weighted by Crippen LogP contribution is -2.16. The predicted octanol–water partition coefficient (Wildman–Crippen LogP) is 2.93. The molecule has 0 aliphatic rings. The monoisotopic (exact) mass is 483 g/mol. The smallest absolute Gasteiger partial charge is 0.313 e. The summed E-state index contributed by atoms with van der Waals surface area (Å²) in [5.41, 5.74) is 8.08. The molecule has 0 saturated carbocycles. The van der Waals surface area contributed by atoms with Crippen molar-refractivity contribution in [3.63, 3.8) is 0 Å². The van der Waals surface area contributed by atoms with E-state index in [2.05, 4.69) is 14.8 Å². The summed E-state index contributed by atoms with van der Waals surface area (Å²) in [6.45, 7) is 2.98. The zero-order chi connectivity index (χ0) is 24.3. The van der Waals surface area contributed by atoms with E-state index in [1.165, 1.54) is 0 Å². The van der Waals surface area contributed by atoms with Crippen LogP contribution in [0.5, 0.6) is 5.75 Å². The zero-order valence-corrected chi connectivity index (χ0v) is 17.8. The van der Waals surface area contributed by atoms with Crippen LogP contribution >= 0.6 is 0 Å². The Kier molecular flexibility index (Phi) is 15.6. The molecule has 0 spiro atoms. The van der Waals surface area contributed by atoms with E-state index in [0.717, 1.165) is 0 Å². The molecule has 1 aromatic rings. The fourth-order valence-electron chi connectivity index (χ4n) is 2.09. The molecule has 0 aliphatic carbocycles. The van der Waals surface area contributed by atoms with Crippen molar-refractivity contribution in [3.8, 4) is 5.75 Å². The molecule has 0 aromatic heterocycles. The zero-order valence-electron chi connectivity index (χ0n) is 17.8. The average molecular weight is 483 g/mol. The van der Waals surface area contributed by atoms with Gasteiger partial charge in [0.15, 0.2) is 11.6 Å². The number of ether oxygens (including phenoxy) is 6. The van der Waals surface area contributed by atoms with Crippen molar-refractivity contribution in [2.24, 2.45) is 5.11 Å². The van der Waals surface area contributed by atoms with Crippen molar-refractivity contribution in [2.45, 2.75) is 6.42 Å². The van der Waals surface area contributed by atoms with Crippen LogP contribution in [0.25, 0.3) is 10.4 Å². The lowest BCUT2D eigenvalue weighted by molar-refractivity contribution is -0.136. The Bertz CT molecular complexity index is 741. The molecular weight excluding hydrogens is 458 g/mol. The number of halogens is 4. The van der Waals surface area contributed by atoms with Gasteiger partial charge in [-0.05, 0) is 5.53 Å². The van der Waals surface area contributed by atoms with Crippen molar-refractivity contribution in [2.75, 3.05) is 72.6 Å². The molecule has 0 radical (unpaired) electrons. The maximum atomic E-state index is 13.4. The van der Waals surface area contributed by atoms with Crippen LogP contribution in [0.3, 0.4) is 0 Å². The molecule has 14 heteroatoms. The molecule has 0 N–H and O–H groups in total. The lowest BCUT2D eigenvalue weighted by Gasteiger charge is -2.09. The SMILES string of the molecule is [N-]=[N+]=NCCOCCOCCOCCOCCOCCC(=O)Oc1c(F)c(F)cc(F)c1F. The summed E-state index contributed by atoms with van der Waals surface area (Å²) in [5, 5.41) is 3.32. The predicted molar refractivity (Wildman–Crippen MR) is 105 cm³/mol. The van der Waals surface area contributed by atoms with Crippen LogP contribution in [0.15, 0.2) is 11.2 Å². The quantitative estimate of drug-likeness (QED) is 0.0434. The fraction of sp³-hybridized carbons (Fsp3) is 0.632. The molecule has 0 fully saturated rings. The Morgan fingerprint density at radius 3 is 1.64 bits per heavy atom. The number of carbonyl (C=O) groups excluding carboxylic acids is 1. The van der Waals surface area contributed by atoms with Gasteiger partial charge in [0.25, 0.3) is 0 Å². The van der Waals surface area contributed by atoms with E-state index in [4.69, 9.17) is 29.2 Å². The molecule has 1 aromatic carbocycles. The highest BCUT2D eigenvalue weighted by molar-refractivity contribution is 5.72. The summed E-state index contributed by atoms with van der Waals surface area (Å²) in [7, 11) is 0. The first-order valence-corrected chi connectivity index (χ1v) is 9.90. The Morgan fingerprint density at radius 1 is 0.758 bits per heavy atom. The van der Waals surface area contributed by atoms with Crippen LogP contribution < -0.4 is 4.74 Å². The Labute approximate surface area is 187 Å². The first-order valence-electron chi connectivity index (χ1n) is 9.90. The second-order valence-corrected chi connectivity index (χ2v) is 6.04. The van der Waals surface area contributed by atoms with Gasteiger partial charge in [-0.25, -0.2) is 8.78 Å². The normalized spacial score (nSPS) is 10.8. The van der Waals surface area contributed by atoms with Gasteiger partial charge in [0.1, 0.15) is 0 Å². The van der Waals surface area contributed by atoms with Gasteiger partial charge >= 0.3 is 5.97 Å². The van der Waals surface area contributed by atoms with Gasteiger partial charge in [0.05, 0.1) is 72.5 Å². The first kappa shape index (κ1) is 28.6. The average Bonchev–Trinajstić information content (AvgIpc) is 2.79. The molecule has 1 rings (SSSR count). The number of carbonyl (C=O) groups is 1. The number of hydrogen-bond acceptors (Lipinski definition) is 8. The van der Waals surface area contributed by atoms with Crippen LogP contribution in [0, 0.1) is 23.3 Å². The molecule has 186 valence electrons. The summed E-state index contributed by atoms with van der Waals surface area (Å²) in [4.78, 5) is 14.1. The number of nitrogens with zero attached hydrogens (tertiary/aromatic N) is 3. The topological polar surface area (TPSA) is 121 Å². The summed E-state index contributed by atoms with van der Waals surface area (Å²) < 4.78 is 83.3. The van der Waals surface area contributed by atoms with Gasteiger partial charge in [0.2, 0.25) is 17.4 Å². The van der Waals surface area contributed by atoms with Gasteiger partial charge in [-0.2, -0.15) is 8.78 Å². The van der Waals surface area contributed by atoms with Crippen LogP contribution in [-0.2, 0) is 28.5 Å². The van der Waals surface area contributed by atoms with E-state index >= 15 is 0 Å². The minimum absolute atomic E-state index is 0.0135. The Balaban J connectivity index is 1.93.